The Morgan fingerprint density at radius 3 is 2.25 bits per heavy atom. The van der Waals surface area contributed by atoms with E-state index in [1.165, 1.54) is 0 Å². The van der Waals surface area contributed by atoms with Crippen molar-refractivity contribution in [2.45, 2.75) is 64.3 Å². The first-order valence-electron chi connectivity index (χ1n) is 8.44. The fraction of sp³-hybridized carbons (Fsp3) is 0.632. The highest BCUT2D eigenvalue weighted by Crippen LogP contribution is 2.33. The number of carbonyl (C=O) groups is 1. The van der Waals surface area contributed by atoms with Gasteiger partial charge in [0.05, 0.1) is 18.8 Å². The number of aliphatic hydroxyl groups excluding tert-OH is 2. The van der Waals surface area contributed by atoms with Crippen molar-refractivity contribution in [3.05, 3.63) is 29.3 Å². The van der Waals surface area contributed by atoms with E-state index in [9.17, 15) is 20.1 Å². The average molecular weight is 337 g/mol. The lowest BCUT2D eigenvalue weighted by Gasteiger charge is -2.30. The van der Waals surface area contributed by atoms with Crippen LogP contribution < -0.4 is 5.32 Å². The molecule has 0 saturated carbocycles. The second-order valence-corrected chi connectivity index (χ2v) is 7.63. The van der Waals surface area contributed by atoms with Crippen LogP contribution >= 0.6 is 0 Å². The monoisotopic (exact) mass is 337 g/mol. The molecule has 0 radical (unpaired) electrons. The number of phenolic OH excluding ortho intramolecular Hbond substituents is 1. The fourth-order valence-corrected chi connectivity index (χ4v) is 2.64. The zero-order valence-corrected chi connectivity index (χ0v) is 15.4. The zero-order chi connectivity index (χ0) is 18.5. The van der Waals surface area contributed by atoms with Crippen molar-refractivity contribution in [1.29, 1.82) is 0 Å². The molecule has 1 atom stereocenters. The lowest BCUT2D eigenvalue weighted by Crippen LogP contribution is -2.53. The summed E-state index contributed by atoms with van der Waals surface area (Å²) in [7, 11) is 0. The van der Waals surface area contributed by atoms with Gasteiger partial charge in [0.2, 0.25) is 5.91 Å². The second-order valence-electron chi connectivity index (χ2n) is 7.63. The number of amides is 1. The molecule has 136 valence electrons. The Morgan fingerprint density at radius 1 is 1.21 bits per heavy atom. The van der Waals surface area contributed by atoms with Crippen molar-refractivity contribution in [1.82, 2.24) is 5.32 Å². The molecule has 0 aromatic heterocycles. The van der Waals surface area contributed by atoms with Gasteiger partial charge in [-0.1, -0.05) is 46.8 Å². The van der Waals surface area contributed by atoms with Crippen molar-refractivity contribution in [3.8, 4) is 5.75 Å². The maximum Gasteiger partial charge on any atom is 0.221 e. The van der Waals surface area contributed by atoms with Crippen LogP contribution in [0.25, 0.3) is 0 Å². The summed E-state index contributed by atoms with van der Waals surface area (Å²) >= 11 is 0. The quantitative estimate of drug-likeness (QED) is 0.615. The van der Waals surface area contributed by atoms with E-state index in [0.717, 1.165) is 11.1 Å². The third kappa shape index (κ3) is 4.95. The molecular weight excluding hydrogens is 306 g/mol. The minimum Gasteiger partial charge on any atom is -0.508 e. The van der Waals surface area contributed by atoms with E-state index in [4.69, 9.17) is 0 Å². The van der Waals surface area contributed by atoms with E-state index in [1.807, 2.05) is 46.8 Å². The molecule has 1 aromatic rings. The summed E-state index contributed by atoms with van der Waals surface area (Å²) in [5.41, 5.74) is 0.666. The van der Waals surface area contributed by atoms with E-state index < -0.39 is 5.54 Å². The molecule has 0 spiro atoms. The molecule has 24 heavy (non-hydrogen) atoms. The molecule has 5 nitrogen and oxygen atoms in total. The van der Waals surface area contributed by atoms with Gasteiger partial charge >= 0.3 is 0 Å². The van der Waals surface area contributed by atoms with Crippen molar-refractivity contribution in [2.75, 3.05) is 13.2 Å². The Hall–Kier alpha value is -1.59. The summed E-state index contributed by atoms with van der Waals surface area (Å²) in [6, 6.07) is 5.44. The number of hydrogen-bond donors (Lipinski definition) is 4. The molecule has 1 unspecified atom stereocenters. The van der Waals surface area contributed by atoms with Crippen LogP contribution in [0.15, 0.2) is 18.2 Å². The highest BCUT2D eigenvalue weighted by molar-refractivity contribution is 5.77. The molecule has 1 amide bonds. The number of rotatable bonds is 7. The van der Waals surface area contributed by atoms with Gasteiger partial charge in [-0.2, -0.15) is 0 Å². The SMILES string of the molecule is CCC(CO)(CO)NC(=O)CC(C)c1ccc(O)c(C(C)(C)C)c1. The third-order valence-electron chi connectivity index (χ3n) is 4.58. The van der Waals surface area contributed by atoms with E-state index in [1.54, 1.807) is 6.07 Å². The van der Waals surface area contributed by atoms with Crippen molar-refractivity contribution in [3.63, 3.8) is 0 Å². The number of carbonyl (C=O) groups excluding carboxylic acids is 1. The van der Waals surface area contributed by atoms with Gasteiger partial charge < -0.3 is 20.6 Å². The number of nitrogens with one attached hydrogen (secondary N) is 1. The molecule has 4 N–H and O–H groups in total. The largest absolute Gasteiger partial charge is 0.508 e. The van der Waals surface area contributed by atoms with Gasteiger partial charge in [0.15, 0.2) is 0 Å². The molecular formula is C19H31NO4. The summed E-state index contributed by atoms with van der Waals surface area (Å²) in [5.74, 6) is 0.00457. The van der Waals surface area contributed by atoms with Gasteiger partial charge in [-0.05, 0) is 34.9 Å². The van der Waals surface area contributed by atoms with Gasteiger partial charge in [0.25, 0.3) is 0 Å². The van der Waals surface area contributed by atoms with Gasteiger partial charge in [-0.25, -0.2) is 0 Å². The molecule has 1 rings (SSSR count). The predicted molar refractivity (Wildman–Crippen MR) is 95.2 cm³/mol. The van der Waals surface area contributed by atoms with Crippen LogP contribution in [0.5, 0.6) is 5.75 Å². The Labute approximate surface area is 144 Å². The molecule has 0 heterocycles. The summed E-state index contributed by atoms with van der Waals surface area (Å²) < 4.78 is 0. The lowest BCUT2D eigenvalue weighted by molar-refractivity contribution is -0.124. The summed E-state index contributed by atoms with van der Waals surface area (Å²) in [4.78, 5) is 12.3. The normalized spacial score (nSPS) is 13.6. The standard InChI is InChI=1S/C19H31NO4/c1-6-19(11-21,12-22)20-17(24)9-13(2)14-7-8-16(23)15(10-14)18(3,4)5/h7-8,10,13,21-23H,6,9,11-12H2,1-5H3,(H,20,24). The Bertz CT molecular complexity index is 551. The van der Waals surface area contributed by atoms with Crippen molar-refractivity contribution in [2.24, 2.45) is 0 Å². The highest BCUT2D eigenvalue weighted by atomic mass is 16.3. The smallest absolute Gasteiger partial charge is 0.221 e. The van der Waals surface area contributed by atoms with Gasteiger partial charge in [0, 0.05) is 6.42 Å². The Kier molecular flexibility index (Phi) is 6.81. The maximum atomic E-state index is 12.3. The average Bonchev–Trinajstić information content (AvgIpc) is 2.52. The minimum atomic E-state index is -0.970. The molecule has 0 saturated heterocycles. The van der Waals surface area contributed by atoms with E-state index in [-0.39, 0.29) is 42.6 Å². The summed E-state index contributed by atoms with van der Waals surface area (Å²) in [5, 5.41) is 31.7. The zero-order valence-electron chi connectivity index (χ0n) is 15.4. The van der Waals surface area contributed by atoms with Gasteiger partial charge in [-0.3, -0.25) is 4.79 Å². The molecule has 0 aliphatic heterocycles. The predicted octanol–water partition coefficient (Wildman–Crippen LogP) is 2.43. The molecule has 0 aliphatic rings. The molecule has 1 aromatic carbocycles. The second kappa shape index (κ2) is 7.99. The van der Waals surface area contributed by atoms with Crippen LogP contribution in [0.2, 0.25) is 0 Å². The van der Waals surface area contributed by atoms with E-state index >= 15 is 0 Å². The number of phenols is 1. The molecule has 5 heteroatoms. The van der Waals surface area contributed by atoms with Crippen LogP contribution in [0.1, 0.15) is 64.5 Å². The third-order valence-corrected chi connectivity index (χ3v) is 4.58. The number of hydrogen-bond acceptors (Lipinski definition) is 4. The summed E-state index contributed by atoms with van der Waals surface area (Å²) in [6.45, 7) is 9.25. The Balaban J connectivity index is 2.88. The van der Waals surface area contributed by atoms with Crippen LogP contribution in [0.3, 0.4) is 0 Å². The fourth-order valence-electron chi connectivity index (χ4n) is 2.64. The van der Waals surface area contributed by atoms with Crippen LogP contribution in [0.4, 0.5) is 0 Å². The van der Waals surface area contributed by atoms with E-state index in [0.29, 0.717) is 6.42 Å². The number of aliphatic hydroxyl groups is 2. The highest BCUT2D eigenvalue weighted by Gasteiger charge is 2.29. The van der Waals surface area contributed by atoms with Crippen molar-refractivity contribution >= 4 is 5.91 Å². The van der Waals surface area contributed by atoms with Crippen LogP contribution in [0, 0.1) is 0 Å². The Morgan fingerprint density at radius 2 is 1.79 bits per heavy atom. The van der Waals surface area contributed by atoms with Gasteiger partial charge in [-0.15, -0.1) is 0 Å². The molecule has 0 bridgehead atoms. The number of aromatic hydroxyl groups is 1. The summed E-state index contributed by atoms with van der Waals surface area (Å²) in [6.07, 6.45) is 0.698. The van der Waals surface area contributed by atoms with Crippen LogP contribution in [-0.2, 0) is 10.2 Å². The number of benzene rings is 1. The van der Waals surface area contributed by atoms with E-state index in [2.05, 4.69) is 5.32 Å². The molecule has 0 fully saturated rings. The lowest BCUT2D eigenvalue weighted by atomic mass is 9.83. The van der Waals surface area contributed by atoms with Crippen LogP contribution in [-0.4, -0.2) is 40.0 Å². The maximum absolute atomic E-state index is 12.3. The first-order chi connectivity index (χ1) is 11.1. The minimum absolute atomic E-state index is 0.0429. The molecule has 0 aliphatic carbocycles. The first kappa shape index (κ1) is 20.5. The van der Waals surface area contributed by atoms with Gasteiger partial charge in [0.1, 0.15) is 5.75 Å². The van der Waals surface area contributed by atoms with Crippen molar-refractivity contribution < 1.29 is 20.1 Å². The topological polar surface area (TPSA) is 89.8 Å². The first-order valence-corrected chi connectivity index (χ1v) is 8.44.